The quantitative estimate of drug-likeness (QED) is 0.734. The van der Waals surface area contributed by atoms with Gasteiger partial charge in [-0.25, -0.2) is 14.0 Å². The van der Waals surface area contributed by atoms with E-state index in [0.29, 0.717) is 5.56 Å². The number of thiophene rings is 1. The number of ether oxygens (including phenoxy) is 2. The molecule has 0 atom stereocenters. The van der Waals surface area contributed by atoms with Crippen LogP contribution in [0.3, 0.4) is 0 Å². The van der Waals surface area contributed by atoms with E-state index < -0.39 is 29.3 Å². The standard InChI is InChI=1S/C20H22FNO5S/c1-6-26-18(24)14-11(2)15(19(25)27-20(3,4)5)28-17(14)22-16(23)12-8-7-9-13(21)10-12/h7-10H,6H2,1-5H3,(H,22,23). The van der Waals surface area contributed by atoms with E-state index in [9.17, 15) is 18.8 Å². The summed E-state index contributed by atoms with van der Waals surface area (Å²) in [5.74, 6) is -2.44. The number of anilines is 1. The van der Waals surface area contributed by atoms with E-state index in [1.54, 1.807) is 34.6 Å². The molecule has 8 heteroatoms. The van der Waals surface area contributed by atoms with E-state index in [1.807, 2.05) is 0 Å². The number of hydrogen-bond donors (Lipinski definition) is 1. The van der Waals surface area contributed by atoms with Crippen LogP contribution in [0.4, 0.5) is 9.39 Å². The van der Waals surface area contributed by atoms with Crippen LogP contribution in [0.15, 0.2) is 24.3 Å². The molecule has 0 radical (unpaired) electrons. The van der Waals surface area contributed by atoms with Gasteiger partial charge in [0.15, 0.2) is 0 Å². The lowest BCUT2D eigenvalue weighted by Crippen LogP contribution is -2.23. The van der Waals surface area contributed by atoms with Crippen molar-refractivity contribution in [1.29, 1.82) is 0 Å². The lowest BCUT2D eigenvalue weighted by Gasteiger charge is -2.19. The second-order valence-corrected chi connectivity index (χ2v) is 7.97. The molecule has 150 valence electrons. The number of carbonyl (C=O) groups is 3. The topological polar surface area (TPSA) is 81.7 Å². The van der Waals surface area contributed by atoms with Gasteiger partial charge in [-0.2, -0.15) is 0 Å². The number of rotatable bonds is 5. The van der Waals surface area contributed by atoms with Crippen molar-refractivity contribution in [1.82, 2.24) is 0 Å². The minimum absolute atomic E-state index is 0.0810. The summed E-state index contributed by atoms with van der Waals surface area (Å²) >= 11 is 0.915. The van der Waals surface area contributed by atoms with Crippen LogP contribution in [0, 0.1) is 12.7 Å². The minimum atomic E-state index is -0.720. The van der Waals surface area contributed by atoms with Gasteiger partial charge in [0, 0.05) is 5.56 Å². The Kier molecular flexibility index (Phi) is 6.56. The Morgan fingerprint density at radius 2 is 1.86 bits per heavy atom. The van der Waals surface area contributed by atoms with E-state index in [1.165, 1.54) is 18.2 Å². The monoisotopic (exact) mass is 407 g/mol. The number of nitrogens with one attached hydrogen (secondary N) is 1. The molecule has 1 aromatic carbocycles. The molecule has 0 aliphatic carbocycles. The summed E-state index contributed by atoms with van der Waals surface area (Å²) in [6.45, 7) is 8.55. The molecular weight excluding hydrogens is 385 g/mol. The van der Waals surface area contributed by atoms with Gasteiger partial charge < -0.3 is 14.8 Å². The third kappa shape index (κ3) is 5.16. The largest absolute Gasteiger partial charge is 0.462 e. The average Bonchev–Trinajstić information content (AvgIpc) is 2.90. The van der Waals surface area contributed by atoms with Crippen molar-refractivity contribution in [3.8, 4) is 0 Å². The minimum Gasteiger partial charge on any atom is -0.462 e. The molecule has 2 aromatic rings. The average molecular weight is 407 g/mol. The lowest BCUT2D eigenvalue weighted by molar-refractivity contribution is 0.00744. The van der Waals surface area contributed by atoms with Crippen LogP contribution in [0.25, 0.3) is 0 Å². The molecule has 0 aliphatic rings. The van der Waals surface area contributed by atoms with Crippen LogP contribution < -0.4 is 5.32 Å². The first-order valence-corrected chi connectivity index (χ1v) is 9.46. The molecule has 0 saturated carbocycles. The Balaban J connectivity index is 2.43. The Bertz CT molecular complexity index is 914. The number of halogens is 1. The van der Waals surface area contributed by atoms with Crippen molar-refractivity contribution >= 4 is 34.2 Å². The highest BCUT2D eigenvalue weighted by Gasteiger charge is 2.29. The molecule has 0 fully saturated rings. The van der Waals surface area contributed by atoms with Crippen molar-refractivity contribution < 1.29 is 28.2 Å². The fourth-order valence-electron chi connectivity index (χ4n) is 2.37. The van der Waals surface area contributed by atoms with Gasteiger partial charge in [-0.05, 0) is 58.4 Å². The Hall–Kier alpha value is -2.74. The van der Waals surface area contributed by atoms with Gasteiger partial charge in [-0.1, -0.05) is 6.07 Å². The normalized spacial score (nSPS) is 11.1. The predicted molar refractivity (Wildman–Crippen MR) is 105 cm³/mol. The number of esters is 2. The maximum absolute atomic E-state index is 13.4. The van der Waals surface area contributed by atoms with Gasteiger partial charge in [0.05, 0.1) is 12.2 Å². The number of benzene rings is 1. The van der Waals surface area contributed by atoms with Gasteiger partial charge in [0.25, 0.3) is 5.91 Å². The molecule has 0 unspecified atom stereocenters. The Labute approximate surface area is 166 Å². The summed E-state index contributed by atoms with van der Waals surface area (Å²) < 4.78 is 23.8. The van der Waals surface area contributed by atoms with Gasteiger partial charge in [-0.15, -0.1) is 11.3 Å². The summed E-state index contributed by atoms with van der Waals surface area (Å²) in [4.78, 5) is 37.6. The van der Waals surface area contributed by atoms with Gasteiger partial charge in [-0.3, -0.25) is 4.79 Å². The second kappa shape index (κ2) is 8.52. The fraction of sp³-hybridized carbons (Fsp3) is 0.350. The maximum atomic E-state index is 13.4. The predicted octanol–water partition coefficient (Wildman–Crippen LogP) is 4.58. The van der Waals surface area contributed by atoms with Crippen molar-refractivity contribution in [2.45, 2.75) is 40.2 Å². The Morgan fingerprint density at radius 1 is 1.18 bits per heavy atom. The van der Waals surface area contributed by atoms with E-state index >= 15 is 0 Å². The molecular formula is C20H22FNO5S. The third-order valence-electron chi connectivity index (χ3n) is 3.52. The van der Waals surface area contributed by atoms with Crippen molar-refractivity contribution in [3.63, 3.8) is 0 Å². The first-order chi connectivity index (χ1) is 13.0. The van der Waals surface area contributed by atoms with Crippen LogP contribution >= 0.6 is 11.3 Å². The molecule has 2 rings (SSSR count). The number of carbonyl (C=O) groups excluding carboxylic acids is 3. The SMILES string of the molecule is CCOC(=O)c1c(NC(=O)c2cccc(F)c2)sc(C(=O)OC(C)(C)C)c1C. The van der Waals surface area contributed by atoms with Gasteiger partial charge in [0.1, 0.15) is 21.3 Å². The molecule has 1 N–H and O–H groups in total. The fourth-order valence-corrected chi connectivity index (χ4v) is 3.44. The zero-order chi connectivity index (χ0) is 21.1. The molecule has 0 aliphatic heterocycles. The lowest BCUT2D eigenvalue weighted by atomic mass is 10.1. The molecule has 1 aromatic heterocycles. The van der Waals surface area contributed by atoms with E-state index in [0.717, 1.165) is 17.4 Å². The van der Waals surface area contributed by atoms with Crippen LogP contribution in [0.1, 0.15) is 63.6 Å². The van der Waals surface area contributed by atoms with E-state index in [-0.39, 0.29) is 27.6 Å². The maximum Gasteiger partial charge on any atom is 0.349 e. The first-order valence-electron chi connectivity index (χ1n) is 8.64. The van der Waals surface area contributed by atoms with E-state index in [2.05, 4.69) is 5.32 Å². The summed E-state index contributed by atoms with van der Waals surface area (Å²) in [6.07, 6.45) is 0. The highest BCUT2D eigenvalue weighted by atomic mass is 32.1. The van der Waals surface area contributed by atoms with Crippen molar-refractivity contribution in [2.24, 2.45) is 0 Å². The van der Waals surface area contributed by atoms with E-state index in [4.69, 9.17) is 9.47 Å². The van der Waals surface area contributed by atoms with Crippen LogP contribution in [-0.4, -0.2) is 30.1 Å². The summed E-state index contributed by atoms with van der Waals surface area (Å²) in [7, 11) is 0. The number of amides is 1. The van der Waals surface area contributed by atoms with Gasteiger partial charge >= 0.3 is 11.9 Å². The van der Waals surface area contributed by atoms with Gasteiger partial charge in [0.2, 0.25) is 0 Å². The summed E-state index contributed by atoms with van der Waals surface area (Å²) in [5, 5.41) is 2.72. The molecule has 0 spiro atoms. The third-order valence-corrected chi connectivity index (χ3v) is 4.71. The van der Waals surface area contributed by atoms with Crippen molar-refractivity contribution in [3.05, 3.63) is 51.7 Å². The molecule has 1 amide bonds. The molecule has 0 saturated heterocycles. The summed E-state index contributed by atoms with van der Waals surface area (Å²) in [6, 6.07) is 5.14. The highest BCUT2D eigenvalue weighted by Crippen LogP contribution is 2.35. The molecule has 0 bridgehead atoms. The molecule has 1 heterocycles. The van der Waals surface area contributed by atoms with Crippen LogP contribution in [-0.2, 0) is 9.47 Å². The Morgan fingerprint density at radius 3 is 2.43 bits per heavy atom. The zero-order valence-corrected chi connectivity index (χ0v) is 17.2. The highest BCUT2D eigenvalue weighted by molar-refractivity contribution is 7.18. The first kappa shape index (κ1) is 21.6. The van der Waals surface area contributed by atoms with Crippen molar-refractivity contribution in [2.75, 3.05) is 11.9 Å². The van der Waals surface area contributed by atoms with Crippen LogP contribution in [0.5, 0.6) is 0 Å². The zero-order valence-electron chi connectivity index (χ0n) is 16.3. The van der Waals surface area contributed by atoms with Crippen LogP contribution in [0.2, 0.25) is 0 Å². The number of hydrogen-bond acceptors (Lipinski definition) is 6. The second-order valence-electron chi connectivity index (χ2n) is 6.95. The molecule has 6 nitrogen and oxygen atoms in total. The smallest absolute Gasteiger partial charge is 0.349 e. The molecule has 28 heavy (non-hydrogen) atoms. The summed E-state index contributed by atoms with van der Waals surface area (Å²) in [5.41, 5.74) is -0.202.